The van der Waals surface area contributed by atoms with Crippen molar-refractivity contribution >= 4 is 10.0 Å². The van der Waals surface area contributed by atoms with Gasteiger partial charge in [0.1, 0.15) is 0 Å². The summed E-state index contributed by atoms with van der Waals surface area (Å²) >= 11 is 0. The summed E-state index contributed by atoms with van der Waals surface area (Å²) in [6, 6.07) is 15.0. The molecule has 0 aliphatic rings. The molecular formula is C20H27NO2S. The lowest BCUT2D eigenvalue weighted by Crippen LogP contribution is -2.28. The van der Waals surface area contributed by atoms with Gasteiger partial charge in [-0.3, -0.25) is 0 Å². The molecule has 0 amide bonds. The molecule has 2 rings (SSSR count). The Labute approximate surface area is 146 Å². The second-order valence-electron chi connectivity index (χ2n) is 6.37. The Balaban J connectivity index is 2.21. The van der Waals surface area contributed by atoms with Crippen LogP contribution in [0.1, 0.15) is 62.3 Å². The van der Waals surface area contributed by atoms with Crippen molar-refractivity contribution in [2.24, 2.45) is 0 Å². The predicted octanol–water partition coefficient (Wildman–Crippen LogP) is 4.94. The van der Waals surface area contributed by atoms with Gasteiger partial charge < -0.3 is 0 Å². The zero-order valence-electron chi connectivity index (χ0n) is 14.9. The average molecular weight is 346 g/mol. The third-order valence-electron chi connectivity index (χ3n) is 4.56. The molecule has 4 heteroatoms. The fourth-order valence-corrected chi connectivity index (χ4v) is 3.96. The molecule has 0 heterocycles. The van der Waals surface area contributed by atoms with Crippen LogP contribution in [0.5, 0.6) is 0 Å². The monoisotopic (exact) mass is 345 g/mol. The number of aryl methyl sites for hydroxylation is 1. The molecule has 0 aromatic heterocycles. The quantitative estimate of drug-likeness (QED) is 0.772. The third-order valence-corrected chi connectivity index (χ3v) is 6.04. The Kier molecular flexibility index (Phi) is 6.19. The molecule has 0 radical (unpaired) electrons. The fourth-order valence-electron chi connectivity index (χ4n) is 2.65. The normalized spacial score (nSPS) is 14.3. The van der Waals surface area contributed by atoms with E-state index in [4.69, 9.17) is 0 Å². The van der Waals surface area contributed by atoms with Crippen molar-refractivity contribution < 1.29 is 8.42 Å². The molecule has 0 saturated carbocycles. The summed E-state index contributed by atoms with van der Waals surface area (Å²) in [7, 11) is -3.53. The Morgan fingerprint density at radius 1 is 0.875 bits per heavy atom. The molecule has 0 aliphatic carbocycles. The van der Waals surface area contributed by atoms with Gasteiger partial charge in [-0.05, 0) is 48.9 Å². The molecule has 3 nitrogen and oxygen atoms in total. The van der Waals surface area contributed by atoms with Gasteiger partial charge in [0.25, 0.3) is 0 Å². The summed E-state index contributed by atoms with van der Waals surface area (Å²) in [5, 5.41) is 0. The van der Waals surface area contributed by atoms with Crippen LogP contribution in [0.25, 0.3) is 0 Å². The van der Waals surface area contributed by atoms with Crippen molar-refractivity contribution in [3.05, 3.63) is 65.2 Å². The molecule has 130 valence electrons. The van der Waals surface area contributed by atoms with Gasteiger partial charge >= 0.3 is 0 Å². The first-order valence-corrected chi connectivity index (χ1v) is 10.0. The average Bonchev–Trinajstić information content (AvgIpc) is 2.60. The van der Waals surface area contributed by atoms with Crippen LogP contribution in [-0.4, -0.2) is 8.42 Å². The molecular weight excluding hydrogens is 318 g/mol. The van der Waals surface area contributed by atoms with Gasteiger partial charge in [0, 0.05) is 6.04 Å². The van der Waals surface area contributed by atoms with E-state index in [1.54, 1.807) is 12.1 Å². The zero-order valence-corrected chi connectivity index (χ0v) is 15.7. The smallest absolute Gasteiger partial charge is 0.207 e. The van der Waals surface area contributed by atoms with Gasteiger partial charge in [0.2, 0.25) is 10.0 Å². The number of hydrogen-bond donors (Lipinski definition) is 1. The van der Waals surface area contributed by atoms with Crippen molar-refractivity contribution in [2.75, 3.05) is 0 Å². The highest BCUT2D eigenvalue weighted by Crippen LogP contribution is 2.23. The maximum Gasteiger partial charge on any atom is 0.241 e. The molecule has 0 saturated heterocycles. The summed E-state index contributed by atoms with van der Waals surface area (Å²) in [4.78, 5) is 0.320. The highest BCUT2D eigenvalue weighted by atomic mass is 32.2. The lowest BCUT2D eigenvalue weighted by molar-refractivity contribution is 0.550. The Bertz CT molecular complexity index is 749. The number of nitrogens with one attached hydrogen (secondary N) is 1. The van der Waals surface area contributed by atoms with E-state index in [1.165, 1.54) is 5.56 Å². The highest BCUT2D eigenvalue weighted by Gasteiger charge is 2.20. The van der Waals surface area contributed by atoms with Crippen LogP contribution in [0.15, 0.2) is 53.4 Å². The minimum Gasteiger partial charge on any atom is -0.207 e. The van der Waals surface area contributed by atoms with Crippen LogP contribution in [0.4, 0.5) is 0 Å². The minimum atomic E-state index is -3.53. The first kappa shape index (κ1) is 18.7. The van der Waals surface area contributed by atoms with Crippen LogP contribution in [0.2, 0.25) is 0 Å². The van der Waals surface area contributed by atoms with Crippen molar-refractivity contribution in [1.82, 2.24) is 4.72 Å². The Morgan fingerprint density at radius 3 is 1.92 bits per heavy atom. The molecule has 2 aromatic carbocycles. The van der Waals surface area contributed by atoms with Crippen LogP contribution in [0.3, 0.4) is 0 Å². The first-order chi connectivity index (χ1) is 11.4. The van der Waals surface area contributed by atoms with Crippen molar-refractivity contribution in [3.63, 3.8) is 0 Å². The van der Waals surface area contributed by atoms with E-state index in [9.17, 15) is 8.42 Å². The second kappa shape index (κ2) is 7.95. The van der Waals surface area contributed by atoms with Crippen LogP contribution < -0.4 is 4.72 Å². The molecule has 2 aromatic rings. The largest absolute Gasteiger partial charge is 0.241 e. The van der Waals surface area contributed by atoms with Gasteiger partial charge in [-0.1, -0.05) is 62.7 Å². The zero-order chi connectivity index (χ0) is 17.7. The molecule has 24 heavy (non-hydrogen) atoms. The van der Waals surface area contributed by atoms with Gasteiger partial charge in [-0.25, -0.2) is 13.1 Å². The highest BCUT2D eigenvalue weighted by molar-refractivity contribution is 7.89. The predicted molar refractivity (Wildman–Crippen MR) is 99.7 cm³/mol. The lowest BCUT2D eigenvalue weighted by atomic mass is 9.99. The summed E-state index contributed by atoms with van der Waals surface area (Å²) < 4.78 is 28.2. The van der Waals surface area contributed by atoms with Gasteiger partial charge in [-0.2, -0.15) is 0 Å². The first-order valence-electron chi connectivity index (χ1n) is 8.56. The number of hydrogen-bond acceptors (Lipinski definition) is 2. The summed E-state index contributed by atoms with van der Waals surface area (Å²) in [5.74, 6) is 0.436. The third kappa shape index (κ3) is 4.46. The number of sulfonamides is 1. The van der Waals surface area contributed by atoms with E-state index in [1.807, 2.05) is 50.2 Å². The minimum absolute atomic E-state index is 0.218. The van der Waals surface area contributed by atoms with E-state index in [0.29, 0.717) is 17.2 Å². The van der Waals surface area contributed by atoms with E-state index in [-0.39, 0.29) is 6.04 Å². The summed E-state index contributed by atoms with van der Waals surface area (Å²) in [6.07, 6.45) is 1.74. The molecule has 1 N–H and O–H groups in total. The van der Waals surface area contributed by atoms with Crippen LogP contribution >= 0.6 is 0 Å². The Hall–Kier alpha value is -1.65. The van der Waals surface area contributed by atoms with Crippen LogP contribution in [-0.2, 0) is 10.0 Å². The van der Waals surface area contributed by atoms with Crippen molar-refractivity contribution in [2.45, 2.75) is 57.4 Å². The van der Waals surface area contributed by atoms with E-state index >= 15 is 0 Å². The molecule has 0 spiro atoms. The molecule has 0 aliphatic heterocycles. The maximum atomic E-state index is 12.7. The standard InChI is InChI=1S/C20H27NO2S/c1-5-16(4)17-11-13-19(14-12-17)24(22,23)21-20(6-2)18-9-7-15(3)8-10-18/h7-14,16,20-21H,5-6H2,1-4H3. The number of benzene rings is 2. The van der Waals surface area contributed by atoms with Gasteiger partial charge in [0.15, 0.2) is 0 Å². The fraction of sp³-hybridized carbons (Fsp3) is 0.400. The maximum absolute atomic E-state index is 12.7. The summed E-state index contributed by atoms with van der Waals surface area (Å²) in [5.41, 5.74) is 3.32. The van der Waals surface area contributed by atoms with Crippen molar-refractivity contribution in [1.29, 1.82) is 0 Å². The van der Waals surface area contributed by atoms with Gasteiger partial charge in [-0.15, -0.1) is 0 Å². The number of rotatable bonds is 7. The van der Waals surface area contributed by atoms with Crippen molar-refractivity contribution in [3.8, 4) is 0 Å². The van der Waals surface area contributed by atoms with E-state index in [0.717, 1.165) is 17.5 Å². The SMILES string of the molecule is CCC(C)c1ccc(S(=O)(=O)NC(CC)c2ccc(C)cc2)cc1. The molecule has 0 fully saturated rings. The second-order valence-corrected chi connectivity index (χ2v) is 8.09. The topological polar surface area (TPSA) is 46.2 Å². The van der Waals surface area contributed by atoms with Crippen LogP contribution in [0, 0.1) is 6.92 Å². The lowest BCUT2D eigenvalue weighted by Gasteiger charge is -2.18. The Morgan fingerprint density at radius 2 is 1.42 bits per heavy atom. The van der Waals surface area contributed by atoms with E-state index in [2.05, 4.69) is 18.6 Å². The van der Waals surface area contributed by atoms with E-state index < -0.39 is 10.0 Å². The molecule has 2 unspecified atom stereocenters. The van der Waals surface area contributed by atoms with Gasteiger partial charge in [0.05, 0.1) is 4.90 Å². The molecule has 0 bridgehead atoms. The summed E-state index contributed by atoms with van der Waals surface area (Å²) in [6.45, 7) is 8.28. The molecule has 2 atom stereocenters.